The molecule has 0 radical (unpaired) electrons. The first-order valence-electron chi connectivity index (χ1n) is 11.3. The van der Waals surface area contributed by atoms with E-state index in [1.54, 1.807) is 0 Å². The van der Waals surface area contributed by atoms with Gasteiger partial charge in [0.05, 0.1) is 5.56 Å². The molecule has 1 aliphatic heterocycles. The van der Waals surface area contributed by atoms with Crippen LogP contribution in [-0.4, -0.2) is 4.57 Å². The third kappa shape index (κ3) is 2.59. The lowest BCUT2D eigenvalue weighted by Crippen LogP contribution is -2.50. The molecule has 0 N–H and O–H groups in total. The number of hydrogen-bond donors (Lipinski definition) is 0. The van der Waals surface area contributed by atoms with Crippen LogP contribution in [0.3, 0.4) is 0 Å². The van der Waals surface area contributed by atoms with E-state index in [4.69, 9.17) is 0 Å². The largest absolute Gasteiger partial charge is 0.295 e. The first-order chi connectivity index (χ1) is 14.6. The van der Waals surface area contributed by atoms with Gasteiger partial charge in [-0.3, -0.25) is 0 Å². The molecule has 0 amide bonds. The van der Waals surface area contributed by atoms with Crippen molar-refractivity contribution < 1.29 is 4.57 Å². The molecule has 0 fully saturated rings. The number of rotatable bonds is 4. The van der Waals surface area contributed by atoms with Gasteiger partial charge in [-0.1, -0.05) is 76.2 Å². The standard InChI is InChI=1S/C28H31N2/c1-5-28(6-2)19-29-25-17-11-12-18-26(25)30(24-16-10-8-13-21(24)20(3)4)27(29)22-14-7-9-15-23(22)28/h7-18,20H,5-6,19H2,1-4H3/q+1. The topological polar surface area (TPSA) is 8.81 Å². The SMILES string of the molecule is CCC1(CC)C[n+]2c(n(-c3ccccc3C(C)C)c3ccccc32)-c2ccccc21. The molecular formula is C28H31N2+. The molecular weight excluding hydrogens is 364 g/mol. The van der Waals surface area contributed by atoms with E-state index in [0.29, 0.717) is 5.92 Å². The predicted molar refractivity (Wildman–Crippen MR) is 125 cm³/mol. The first kappa shape index (κ1) is 19.1. The van der Waals surface area contributed by atoms with Gasteiger partial charge < -0.3 is 0 Å². The molecule has 3 aromatic carbocycles. The lowest BCUT2D eigenvalue weighted by molar-refractivity contribution is -0.672. The Morgan fingerprint density at radius 1 is 0.867 bits per heavy atom. The van der Waals surface area contributed by atoms with Crippen LogP contribution < -0.4 is 4.57 Å². The molecule has 0 spiro atoms. The number of benzene rings is 3. The van der Waals surface area contributed by atoms with Crippen molar-refractivity contribution in [1.29, 1.82) is 0 Å². The van der Waals surface area contributed by atoms with E-state index in [0.717, 1.165) is 19.4 Å². The lowest BCUT2D eigenvalue weighted by atomic mass is 9.72. The van der Waals surface area contributed by atoms with E-state index >= 15 is 0 Å². The Kier molecular flexibility index (Phi) is 4.54. The molecule has 2 nitrogen and oxygen atoms in total. The average Bonchev–Trinajstić information content (AvgIpc) is 3.12. The van der Waals surface area contributed by atoms with Crippen molar-refractivity contribution in [3.8, 4) is 17.1 Å². The third-order valence-corrected chi connectivity index (χ3v) is 7.23. The van der Waals surface area contributed by atoms with Crippen molar-refractivity contribution in [2.75, 3.05) is 0 Å². The maximum Gasteiger partial charge on any atom is 0.295 e. The second-order valence-electron chi connectivity index (χ2n) is 8.98. The Morgan fingerprint density at radius 3 is 2.30 bits per heavy atom. The van der Waals surface area contributed by atoms with Gasteiger partial charge in [0.1, 0.15) is 12.2 Å². The van der Waals surface area contributed by atoms with E-state index in [9.17, 15) is 0 Å². The van der Waals surface area contributed by atoms with Gasteiger partial charge >= 0.3 is 0 Å². The first-order valence-corrected chi connectivity index (χ1v) is 11.3. The van der Waals surface area contributed by atoms with Gasteiger partial charge in [0, 0.05) is 11.0 Å². The van der Waals surface area contributed by atoms with Gasteiger partial charge in [-0.15, -0.1) is 0 Å². The molecule has 5 rings (SSSR count). The van der Waals surface area contributed by atoms with Crippen LogP contribution in [0.1, 0.15) is 57.6 Å². The summed E-state index contributed by atoms with van der Waals surface area (Å²) in [7, 11) is 0. The quantitative estimate of drug-likeness (QED) is 0.337. The number of para-hydroxylation sites is 3. The molecule has 0 bridgehead atoms. The summed E-state index contributed by atoms with van der Waals surface area (Å²) in [6.07, 6.45) is 2.30. The van der Waals surface area contributed by atoms with Gasteiger partial charge in [0.2, 0.25) is 0 Å². The molecule has 0 atom stereocenters. The fraction of sp³-hybridized carbons (Fsp3) is 0.321. The Hall–Kier alpha value is -2.87. The molecule has 0 aliphatic carbocycles. The van der Waals surface area contributed by atoms with Crippen LogP contribution in [0.5, 0.6) is 0 Å². The summed E-state index contributed by atoms with van der Waals surface area (Å²) >= 11 is 0. The van der Waals surface area contributed by atoms with Crippen molar-refractivity contribution in [3.05, 3.63) is 83.9 Å². The zero-order valence-electron chi connectivity index (χ0n) is 18.5. The van der Waals surface area contributed by atoms with Crippen molar-refractivity contribution in [1.82, 2.24) is 4.57 Å². The summed E-state index contributed by atoms with van der Waals surface area (Å²) in [5.41, 5.74) is 8.36. The monoisotopic (exact) mass is 395 g/mol. The number of imidazole rings is 1. The maximum atomic E-state index is 2.59. The third-order valence-electron chi connectivity index (χ3n) is 7.23. The minimum absolute atomic E-state index is 0.181. The fourth-order valence-electron chi connectivity index (χ4n) is 5.46. The highest BCUT2D eigenvalue weighted by Crippen LogP contribution is 2.44. The van der Waals surface area contributed by atoms with Gasteiger partial charge in [-0.25, -0.2) is 4.57 Å². The average molecular weight is 396 g/mol. The number of nitrogens with zero attached hydrogens (tertiary/aromatic N) is 2. The fourth-order valence-corrected chi connectivity index (χ4v) is 5.46. The van der Waals surface area contributed by atoms with Crippen LogP contribution in [0.2, 0.25) is 0 Å². The molecule has 4 aromatic rings. The Morgan fingerprint density at radius 2 is 1.53 bits per heavy atom. The number of fused-ring (bicyclic) bond motifs is 5. The van der Waals surface area contributed by atoms with E-state index in [1.807, 2.05) is 0 Å². The zero-order valence-corrected chi connectivity index (χ0v) is 18.5. The normalized spacial score (nSPS) is 14.7. The molecule has 0 saturated heterocycles. The molecule has 152 valence electrons. The molecule has 30 heavy (non-hydrogen) atoms. The van der Waals surface area contributed by atoms with Gasteiger partial charge in [-0.2, -0.15) is 4.57 Å². The molecule has 2 heteroatoms. The molecule has 1 aliphatic rings. The van der Waals surface area contributed by atoms with Crippen molar-refractivity contribution >= 4 is 11.0 Å². The second-order valence-corrected chi connectivity index (χ2v) is 8.98. The van der Waals surface area contributed by atoms with E-state index in [-0.39, 0.29) is 5.41 Å². The Bertz CT molecular complexity index is 1220. The molecule has 0 saturated carbocycles. The van der Waals surface area contributed by atoms with Gasteiger partial charge in [0.25, 0.3) is 5.82 Å². The summed E-state index contributed by atoms with van der Waals surface area (Å²) in [5, 5.41) is 0. The Balaban J connectivity index is 1.94. The second kappa shape index (κ2) is 7.12. The number of hydrogen-bond acceptors (Lipinski definition) is 0. The summed E-state index contributed by atoms with van der Waals surface area (Å²) in [5.74, 6) is 1.78. The van der Waals surface area contributed by atoms with Gasteiger partial charge in [-0.05, 0) is 48.6 Å². The van der Waals surface area contributed by atoms with Crippen molar-refractivity contribution in [2.45, 2.75) is 58.4 Å². The van der Waals surface area contributed by atoms with E-state index in [2.05, 4.69) is 110 Å². The van der Waals surface area contributed by atoms with E-state index in [1.165, 1.54) is 39.2 Å². The highest BCUT2D eigenvalue weighted by Gasteiger charge is 2.43. The smallest absolute Gasteiger partial charge is 0.222 e. The highest BCUT2D eigenvalue weighted by molar-refractivity contribution is 5.81. The highest BCUT2D eigenvalue weighted by atomic mass is 15.2. The summed E-state index contributed by atoms with van der Waals surface area (Å²) < 4.78 is 5.10. The van der Waals surface area contributed by atoms with Crippen molar-refractivity contribution in [3.63, 3.8) is 0 Å². The molecule has 0 unspecified atom stereocenters. The van der Waals surface area contributed by atoms with E-state index < -0.39 is 0 Å². The van der Waals surface area contributed by atoms with Crippen LogP contribution in [0.25, 0.3) is 28.1 Å². The lowest BCUT2D eigenvalue weighted by Gasteiger charge is -2.35. The number of aromatic nitrogens is 2. The van der Waals surface area contributed by atoms with Crippen LogP contribution in [-0.2, 0) is 12.0 Å². The minimum Gasteiger partial charge on any atom is -0.222 e. The zero-order chi connectivity index (χ0) is 20.9. The predicted octanol–water partition coefficient (Wildman–Crippen LogP) is 6.78. The van der Waals surface area contributed by atoms with Crippen LogP contribution >= 0.6 is 0 Å². The van der Waals surface area contributed by atoms with Gasteiger partial charge in [0.15, 0.2) is 11.0 Å². The van der Waals surface area contributed by atoms with Crippen LogP contribution in [0.15, 0.2) is 72.8 Å². The summed E-state index contributed by atoms with van der Waals surface area (Å²) in [4.78, 5) is 0. The van der Waals surface area contributed by atoms with Crippen LogP contribution in [0, 0.1) is 0 Å². The Labute approximate surface area is 179 Å². The minimum atomic E-state index is 0.181. The molecule has 1 aromatic heterocycles. The van der Waals surface area contributed by atoms with Crippen molar-refractivity contribution in [2.24, 2.45) is 0 Å². The van der Waals surface area contributed by atoms with Crippen LogP contribution in [0.4, 0.5) is 0 Å². The summed E-state index contributed by atoms with van der Waals surface area (Å²) in [6.45, 7) is 10.3. The summed E-state index contributed by atoms with van der Waals surface area (Å²) in [6, 6.07) is 26.9. The maximum absolute atomic E-state index is 2.59. The molecule has 2 heterocycles.